The maximum atomic E-state index is 12.0. The first-order valence-corrected chi connectivity index (χ1v) is 7.85. The Kier molecular flexibility index (Phi) is 7.52. The third kappa shape index (κ3) is 6.20. The second-order valence-corrected chi connectivity index (χ2v) is 6.21. The van der Waals surface area contributed by atoms with E-state index >= 15 is 0 Å². The zero-order valence-electron chi connectivity index (χ0n) is 13.5. The molecule has 0 heterocycles. The van der Waals surface area contributed by atoms with E-state index in [0.29, 0.717) is 25.4 Å². The van der Waals surface area contributed by atoms with Crippen molar-refractivity contribution in [3.63, 3.8) is 0 Å². The fourth-order valence-corrected chi connectivity index (χ4v) is 2.58. The molecular weight excluding hydrogens is 314 g/mol. The lowest BCUT2D eigenvalue weighted by Crippen LogP contribution is -2.53. The lowest BCUT2D eigenvalue weighted by atomic mass is 9.96. The van der Waals surface area contributed by atoms with Gasteiger partial charge in [0.15, 0.2) is 0 Å². The number of carbonyl (C=O) groups excluding carboxylic acids is 2. The molecule has 2 amide bonds. The second-order valence-electron chi connectivity index (χ2n) is 6.21. The van der Waals surface area contributed by atoms with Crippen molar-refractivity contribution in [3.8, 4) is 0 Å². The predicted molar refractivity (Wildman–Crippen MR) is 93.3 cm³/mol. The van der Waals surface area contributed by atoms with E-state index in [0.717, 1.165) is 18.4 Å². The first kappa shape index (κ1) is 19.5. The van der Waals surface area contributed by atoms with Gasteiger partial charge in [0.2, 0.25) is 11.8 Å². The van der Waals surface area contributed by atoms with E-state index in [1.54, 1.807) is 0 Å². The predicted octanol–water partition coefficient (Wildman–Crippen LogP) is 1.40. The maximum absolute atomic E-state index is 12.0. The first-order chi connectivity index (χ1) is 10.5. The van der Waals surface area contributed by atoms with Gasteiger partial charge >= 0.3 is 0 Å². The van der Waals surface area contributed by atoms with Gasteiger partial charge in [0, 0.05) is 19.5 Å². The van der Waals surface area contributed by atoms with Crippen LogP contribution in [0.25, 0.3) is 0 Å². The van der Waals surface area contributed by atoms with Gasteiger partial charge in [-0.3, -0.25) is 9.59 Å². The lowest BCUT2D eigenvalue weighted by Gasteiger charge is -2.29. The molecule has 6 heteroatoms. The van der Waals surface area contributed by atoms with E-state index in [1.807, 2.05) is 37.3 Å². The summed E-state index contributed by atoms with van der Waals surface area (Å²) in [6, 6.07) is 9.55. The monoisotopic (exact) mass is 339 g/mol. The molecule has 1 aromatic carbocycles. The van der Waals surface area contributed by atoms with Crippen LogP contribution in [0.15, 0.2) is 30.3 Å². The Bertz CT molecular complexity index is 520. The minimum Gasteiger partial charge on any atom is -0.355 e. The standard InChI is InChI=1S/C17H25N3O2.ClH/c1-17(12-18,14-7-8-14)20-15(21)9-10-19-16(22)11-13-5-3-2-4-6-13;/h2-6,14H,7-12,18H2,1H3,(H,19,22)(H,20,21);1H. The van der Waals surface area contributed by atoms with Crippen LogP contribution >= 0.6 is 12.4 Å². The molecule has 23 heavy (non-hydrogen) atoms. The number of nitrogens with two attached hydrogens (primary N) is 1. The number of hydrogen-bond donors (Lipinski definition) is 3. The number of amides is 2. The average Bonchev–Trinajstić information content (AvgIpc) is 3.33. The van der Waals surface area contributed by atoms with Crippen LogP contribution in [0.2, 0.25) is 0 Å². The summed E-state index contributed by atoms with van der Waals surface area (Å²) in [5, 5.41) is 5.79. The number of carbonyl (C=O) groups is 2. The van der Waals surface area contributed by atoms with Crippen molar-refractivity contribution in [2.75, 3.05) is 13.1 Å². The Morgan fingerprint density at radius 2 is 1.87 bits per heavy atom. The van der Waals surface area contributed by atoms with Crippen LogP contribution in [0.4, 0.5) is 0 Å². The number of rotatable bonds is 8. The zero-order chi connectivity index (χ0) is 16.0. The Labute approximate surface area is 143 Å². The summed E-state index contributed by atoms with van der Waals surface area (Å²) in [5.74, 6) is 0.372. The maximum Gasteiger partial charge on any atom is 0.224 e. The van der Waals surface area contributed by atoms with Crippen LogP contribution in [0.5, 0.6) is 0 Å². The SMILES string of the molecule is CC(CN)(NC(=O)CCNC(=O)Cc1ccccc1)C1CC1.Cl. The van der Waals surface area contributed by atoms with Gasteiger partial charge in [-0.1, -0.05) is 30.3 Å². The van der Waals surface area contributed by atoms with Crippen LogP contribution in [0.3, 0.4) is 0 Å². The van der Waals surface area contributed by atoms with Gasteiger partial charge in [0.25, 0.3) is 0 Å². The molecular formula is C17H26ClN3O2. The van der Waals surface area contributed by atoms with Gasteiger partial charge in [-0.2, -0.15) is 0 Å². The highest BCUT2D eigenvalue weighted by atomic mass is 35.5. The lowest BCUT2D eigenvalue weighted by molar-refractivity contribution is -0.123. The minimum absolute atomic E-state index is 0. The normalized spacial score (nSPS) is 15.9. The number of nitrogens with one attached hydrogen (secondary N) is 2. The zero-order valence-corrected chi connectivity index (χ0v) is 14.3. The van der Waals surface area contributed by atoms with Crippen LogP contribution in [-0.4, -0.2) is 30.4 Å². The smallest absolute Gasteiger partial charge is 0.224 e. The third-order valence-electron chi connectivity index (χ3n) is 4.21. The summed E-state index contributed by atoms with van der Waals surface area (Å²) >= 11 is 0. The third-order valence-corrected chi connectivity index (χ3v) is 4.21. The van der Waals surface area contributed by atoms with E-state index in [-0.39, 0.29) is 36.2 Å². The van der Waals surface area contributed by atoms with E-state index in [9.17, 15) is 9.59 Å². The fourth-order valence-electron chi connectivity index (χ4n) is 2.58. The molecule has 0 radical (unpaired) electrons. The molecule has 0 aromatic heterocycles. The molecule has 1 atom stereocenters. The summed E-state index contributed by atoms with van der Waals surface area (Å²) in [7, 11) is 0. The Balaban J connectivity index is 0.00000264. The molecule has 0 spiro atoms. The summed E-state index contributed by atoms with van der Waals surface area (Å²) in [6.45, 7) is 2.79. The molecule has 1 saturated carbocycles. The Morgan fingerprint density at radius 3 is 2.43 bits per heavy atom. The summed E-state index contributed by atoms with van der Waals surface area (Å²) < 4.78 is 0. The molecule has 0 saturated heterocycles. The Morgan fingerprint density at radius 1 is 1.22 bits per heavy atom. The van der Waals surface area contributed by atoms with Crippen LogP contribution in [-0.2, 0) is 16.0 Å². The van der Waals surface area contributed by atoms with Crippen molar-refractivity contribution >= 4 is 24.2 Å². The topological polar surface area (TPSA) is 84.2 Å². The Hall–Kier alpha value is -1.59. The van der Waals surface area contributed by atoms with E-state index in [1.165, 1.54) is 0 Å². The molecule has 0 aliphatic heterocycles. The first-order valence-electron chi connectivity index (χ1n) is 7.85. The summed E-state index contributed by atoms with van der Waals surface area (Å²) in [4.78, 5) is 23.8. The van der Waals surface area contributed by atoms with Crippen molar-refractivity contribution in [2.45, 2.75) is 38.1 Å². The largest absolute Gasteiger partial charge is 0.355 e. The van der Waals surface area contributed by atoms with Crippen molar-refractivity contribution in [3.05, 3.63) is 35.9 Å². The molecule has 5 nitrogen and oxygen atoms in total. The number of hydrogen-bond acceptors (Lipinski definition) is 3. The van der Waals surface area contributed by atoms with Gasteiger partial charge in [0.05, 0.1) is 12.0 Å². The molecule has 4 N–H and O–H groups in total. The minimum atomic E-state index is -0.300. The quantitative estimate of drug-likeness (QED) is 0.669. The number of halogens is 1. The highest BCUT2D eigenvalue weighted by Crippen LogP contribution is 2.38. The molecule has 1 aromatic rings. The van der Waals surface area contributed by atoms with Crippen molar-refractivity contribution < 1.29 is 9.59 Å². The fraction of sp³-hybridized carbons (Fsp3) is 0.529. The van der Waals surface area contributed by atoms with Gasteiger partial charge in [-0.05, 0) is 31.2 Å². The van der Waals surface area contributed by atoms with Crippen LogP contribution in [0, 0.1) is 5.92 Å². The van der Waals surface area contributed by atoms with E-state index < -0.39 is 0 Å². The molecule has 2 rings (SSSR count). The molecule has 1 aliphatic carbocycles. The van der Waals surface area contributed by atoms with Crippen molar-refractivity contribution in [1.82, 2.24) is 10.6 Å². The number of benzene rings is 1. The molecule has 128 valence electrons. The highest BCUT2D eigenvalue weighted by molar-refractivity contribution is 5.85. The molecule has 1 aliphatic rings. The summed E-state index contributed by atoms with van der Waals surface area (Å²) in [5.41, 5.74) is 6.44. The van der Waals surface area contributed by atoms with Crippen molar-refractivity contribution in [1.29, 1.82) is 0 Å². The van der Waals surface area contributed by atoms with Gasteiger partial charge in [0.1, 0.15) is 0 Å². The van der Waals surface area contributed by atoms with Gasteiger partial charge in [-0.25, -0.2) is 0 Å². The molecule has 1 fully saturated rings. The van der Waals surface area contributed by atoms with E-state index in [2.05, 4.69) is 10.6 Å². The molecule has 0 bridgehead atoms. The molecule has 1 unspecified atom stereocenters. The highest BCUT2D eigenvalue weighted by Gasteiger charge is 2.41. The average molecular weight is 340 g/mol. The van der Waals surface area contributed by atoms with Gasteiger partial charge in [-0.15, -0.1) is 12.4 Å². The summed E-state index contributed by atoms with van der Waals surface area (Å²) in [6.07, 6.45) is 2.87. The van der Waals surface area contributed by atoms with Gasteiger partial charge < -0.3 is 16.4 Å². The second kappa shape index (κ2) is 8.89. The van der Waals surface area contributed by atoms with Crippen LogP contribution < -0.4 is 16.4 Å². The van der Waals surface area contributed by atoms with E-state index in [4.69, 9.17) is 5.73 Å². The van der Waals surface area contributed by atoms with Crippen molar-refractivity contribution in [2.24, 2.45) is 11.7 Å². The van der Waals surface area contributed by atoms with Crippen LogP contribution in [0.1, 0.15) is 31.7 Å².